The first kappa shape index (κ1) is 12.3. The Morgan fingerprint density at radius 2 is 2.00 bits per heavy atom. The Kier molecular flexibility index (Phi) is 4.43. The first-order valence-corrected chi connectivity index (χ1v) is 5.48. The summed E-state index contributed by atoms with van der Waals surface area (Å²) in [5.41, 5.74) is 1.20. The molecule has 1 unspecified atom stereocenters. The quantitative estimate of drug-likeness (QED) is 0.853. The molecule has 1 rings (SSSR count). The predicted octanol–water partition coefficient (Wildman–Crippen LogP) is 3.27. The molecule has 2 nitrogen and oxygen atoms in total. The lowest BCUT2D eigenvalue weighted by Gasteiger charge is -2.21. The fraction of sp³-hybridized carbons (Fsp3) is 0.500. The molecule has 0 spiro atoms. The summed E-state index contributed by atoms with van der Waals surface area (Å²) in [6, 6.07) is 6.23. The van der Waals surface area contributed by atoms with Crippen LogP contribution in [0.3, 0.4) is 0 Å². The number of benzene rings is 1. The van der Waals surface area contributed by atoms with Gasteiger partial charge in [-0.3, -0.25) is 0 Å². The molecule has 84 valence electrons. The smallest absolute Gasteiger partial charge is 0.137 e. The van der Waals surface area contributed by atoms with Crippen LogP contribution < -0.4 is 10.1 Å². The van der Waals surface area contributed by atoms with E-state index in [1.54, 1.807) is 7.11 Å². The molecule has 0 aliphatic carbocycles. The Morgan fingerprint density at radius 1 is 1.33 bits per heavy atom. The van der Waals surface area contributed by atoms with Crippen LogP contribution in [-0.4, -0.2) is 14.2 Å². The van der Waals surface area contributed by atoms with Gasteiger partial charge in [0.1, 0.15) is 5.75 Å². The predicted molar refractivity (Wildman–Crippen MR) is 64.6 cm³/mol. The average molecular weight is 228 g/mol. The van der Waals surface area contributed by atoms with Crippen molar-refractivity contribution in [2.75, 3.05) is 14.2 Å². The molecule has 0 saturated heterocycles. The van der Waals surface area contributed by atoms with E-state index >= 15 is 0 Å². The minimum Gasteiger partial charge on any atom is -0.495 e. The molecule has 15 heavy (non-hydrogen) atoms. The van der Waals surface area contributed by atoms with E-state index in [1.165, 1.54) is 5.56 Å². The van der Waals surface area contributed by atoms with Gasteiger partial charge in [-0.25, -0.2) is 0 Å². The number of nitrogens with one attached hydrogen (secondary N) is 1. The molecular weight excluding hydrogens is 210 g/mol. The average Bonchev–Trinajstić information content (AvgIpc) is 2.21. The van der Waals surface area contributed by atoms with E-state index in [1.807, 2.05) is 25.2 Å². The van der Waals surface area contributed by atoms with Crippen molar-refractivity contribution < 1.29 is 4.74 Å². The molecule has 1 N–H and O–H groups in total. The molecule has 0 radical (unpaired) electrons. The highest BCUT2D eigenvalue weighted by Gasteiger charge is 2.14. The highest BCUT2D eigenvalue weighted by molar-refractivity contribution is 6.32. The van der Waals surface area contributed by atoms with Crippen molar-refractivity contribution >= 4 is 11.6 Å². The van der Waals surface area contributed by atoms with Crippen LogP contribution in [0.5, 0.6) is 5.75 Å². The van der Waals surface area contributed by atoms with Crippen molar-refractivity contribution in [2.45, 2.75) is 19.9 Å². The minimum atomic E-state index is 0.330. The summed E-state index contributed by atoms with van der Waals surface area (Å²) < 4.78 is 5.20. The molecule has 0 aliphatic rings. The molecule has 1 atom stereocenters. The van der Waals surface area contributed by atoms with Gasteiger partial charge < -0.3 is 10.1 Å². The molecule has 1 aromatic carbocycles. The molecular formula is C12H18ClNO. The Bertz CT molecular complexity index is 325. The Hall–Kier alpha value is -0.730. The number of ether oxygens (including phenoxy) is 1. The number of rotatable bonds is 4. The van der Waals surface area contributed by atoms with Crippen molar-refractivity contribution in [1.29, 1.82) is 0 Å². The van der Waals surface area contributed by atoms with Crippen LogP contribution in [0, 0.1) is 5.92 Å². The Labute approximate surface area is 96.6 Å². The first-order valence-electron chi connectivity index (χ1n) is 5.10. The van der Waals surface area contributed by atoms with Crippen LogP contribution >= 0.6 is 11.6 Å². The molecule has 0 saturated carbocycles. The van der Waals surface area contributed by atoms with Gasteiger partial charge in [0.2, 0.25) is 0 Å². The SMILES string of the molecule is CNC(c1ccc(Cl)c(OC)c1)C(C)C. The van der Waals surface area contributed by atoms with Crippen molar-refractivity contribution in [3.05, 3.63) is 28.8 Å². The van der Waals surface area contributed by atoms with E-state index in [2.05, 4.69) is 19.2 Å². The first-order chi connectivity index (χ1) is 7.10. The van der Waals surface area contributed by atoms with E-state index < -0.39 is 0 Å². The van der Waals surface area contributed by atoms with Crippen LogP contribution in [0.25, 0.3) is 0 Å². The maximum Gasteiger partial charge on any atom is 0.137 e. The van der Waals surface area contributed by atoms with Gasteiger partial charge in [0.25, 0.3) is 0 Å². The van der Waals surface area contributed by atoms with Gasteiger partial charge in [-0.1, -0.05) is 31.5 Å². The normalized spacial score (nSPS) is 12.9. The van der Waals surface area contributed by atoms with Gasteiger partial charge in [-0.05, 0) is 30.7 Å². The van der Waals surface area contributed by atoms with Gasteiger partial charge in [0.05, 0.1) is 12.1 Å². The van der Waals surface area contributed by atoms with E-state index in [-0.39, 0.29) is 0 Å². The molecule has 0 fully saturated rings. The lowest BCUT2D eigenvalue weighted by molar-refractivity contribution is 0.408. The third-order valence-electron chi connectivity index (χ3n) is 2.51. The van der Waals surface area contributed by atoms with Crippen molar-refractivity contribution in [1.82, 2.24) is 5.32 Å². The standard InChI is InChI=1S/C12H18ClNO/c1-8(2)12(14-3)9-5-6-10(13)11(7-9)15-4/h5-8,12,14H,1-4H3. The molecule has 1 aromatic rings. The zero-order chi connectivity index (χ0) is 11.4. The third kappa shape index (κ3) is 2.86. The highest BCUT2D eigenvalue weighted by atomic mass is 35.5. The summed E-state index contributed by atoms with van der Waals surface area (Å²) in [5, 5.41) is 3.94. The van der Waals surface area contributed by atoms with E-state index in [9.17, 15) is 0 Å². The fourth-order valence-electron chi connectivity index (χ4n) is 1.75. The molecule has 0 aliphatic heterocycles. The van der Waals surface area contributed by atoms with Crippen LogP contribution in [0.15, 0.2) is 18.2 Å². The summed E-state index contributed by atoms with van der Waals surface area (Å²) in [6.45, 7) is 4.37. The number of methoxy groups -OCH3 is 1. The summed E-state index contributed by atoms with van der Waals surface area (Å²) in [5.74, 6) is 1.26. The minimum absolute atomic E-state index is 0.330. The highest BCUT2D eigenvalue weighted by Crippen LogP contribution is 2.30. The maximum absolute atomic E-state index is 5.98. The van der Waals surface area contributed by atoms with Gasteiger partial charge in [-0.2, -0.15) is 0 Å². The summed E-state index contributed by atoms with van der Waals surface area (Å²) >= 11 is 5.98. The zero-order valence-corrected chi connectivity index (χ0v) is 10.4. The number of hydrogen-bond donors (Lipinski definition) is 1. The maximum atomic E-state index is 5.98. The molecule has 0 aromatic heterocycles. The summed E-state index contributed by atoms with van der Waals surface area (Å²) in [6.07, 6.45) is 0. The van der Waals surface area contributed by atoms with Gasteiger partial charge in [-0.15, -0.1) is 0 Å². The third-order valence-corrected chi connectivity index (χ3v) is 2.82. The van der Waals surface area contributed by atoms with Gasteiger partial charge in [0.15, 0.2) is 0 Å². The Balaban J connectivity index is 3.03. The Morgan fingerprint density at radius 3 is 2.47 bits per heavy atom. The zero-order valence-electron chi connectivity index (χ0n) is 9.67. The van der Waals surface area contributed by atoms with Gasteiger partial charge >= 0.3 is 0 Å². The van der Waals surface area contributed by atoms with Crippen molar-refractivity contribution in [3.63, 3.8) is 0 Å². The lowest BCUT2D eigenvalue weighted by Crippen LogP contribution is -2.21. The van der Waals surface area contributed by atoms with Crippen LogP contribution in [0.2, 0.25) is 5.02 Å². The summed E-state index contributed by atoms with van der Waals surface area (Å²) in [7, 11) is 3.60. The second-order valence-electron chi connectivity index (χ2n) is 3.90. The van der Waals surface area contributed by atoms with Gasteiger partial charge in [0, 0.05) is 6.04 Å². The number of halogens is 1. The van der Waals surface area contributed by atoms with E-state index in [0.717, 1.165) is 5.75 Å². The number of hydrogen-bond acceptors (Lipinski definition) is 2. The van der Waals surface area contributed by atoms with Crippen LogP contribution in [0.4, 0.5) is 0 Å². The molecule has 0 heterocycles. The van der Waals surface area contributed by atoms with Crippen molar-refractivity contribution in [3.8, 4) is 5.75 Å². The molecule has 0 amide bonds. The summed E-state index contributed by atoms with van der Waals surface area (Å²) in [4.78, 5) is 0. The second kappa shape index (κ2) is 5.38. The monoisotopic (exact) mass is 227 g/mol. The second-order valence-corrected chi connectivity index (χ2v) is 4.31. The fourth-order valence-corrected chi connectivity index (χ4v) is 1.95. The molecule has 3 heteroatoms. The lowest BCUT2D eigenvalue weighted by atomic mass is 9.96. The van der Waals surface area contributed by atoms with E-state index in [0.29, 0.717) is 17.0 Å². The topological polar surface area (TPSA) is 21.3 Å². The van der Waals surface area contributed by atoms with Crippen LogP contribution in [-0.2, 0) is 0 Å². The van der Waals surface area contributed by atoms with E-state index in [4.69, 9.17) is 16.3 Å². The van der Waals surface area contributed by atoms with Crippen LogP contribution in [0.1, 0.15) is 25.5 Å². The largest absolute Gasteiger partial charge is 0.495 e. The van der Waals surface area contributed by atoms with Crippen molar-refractivity contribution in [2.24, 2.45) is 5.92 Å². The molecule has 0 bridgehead atoms.